The highest BCUT2D eigenvalue weighted by Crippen LogP contribution is 2.05. The first-order valence-electron chi connectivity index (χ1n) is 3.04. The van der Waals surface area contributed by atoms with Gasteiger partial charge in [0.2, 0.25) is 7.42 Å². The fourth-order valence-electron chi connectivity index (χ4n) is 0.454. The Bertz CT molecular complexity index is 108. The van der Waals surface area contributed by atoms with E-state index < -0.39 is 7.42 Å². The molecule has 0 amide bonds. The summed E-state index contributed by atoms with van der Waals surface area (Å²) < 4.78 is 4.66. The number of hydrogen-bond acceptors (Lipinski definition) is 2. The van der Waals surface area contributed by atoms with Crippen molar-refractivity contribution >= 4 is 35.5 Å². The third-order valence-corrected chi connectivity index (χ3v) is 3.03. The molecular formula is C5H10Cl2O2Si. The third-order valence-electron chi connectivity index (χ3n) is 0.872. The molecular weight excluding hydrogens is 191 g/mol. The maximum atomic E-state index is 10.2. The van der Waals surface area contributed by atoms with Crippen LogP contribution in [-0.2, 0) is 9.53 Å². The summed E-state index contributed by atoms with van der Waals surface area (Å²) in [5, 5.41) is 0. The molecule has 10 heavy (non-hydrogen) atoms. The maximum Gasteiger partial charge on any atom is 0.302 e. The second-order valence-corrected chi connectivity index (χ2v) is 7.06. The molecule has 0 rings (SSSR count). The van der Waals surface area contributed by atoms with Gasteiger partial charge in [-0.25, -0.2) is 0 Å². The summed E-state index contributed by atoms with van der Waals surface area (Å²) in [6, 6.07) is 0.802. The Morgan fingerprint density at radius 1 is 1.60 bits per heavy atom. The van der Waals surface area contributed by atoms with Crippen LogP contribution in [0.15, 0.2) is 0 Å². The monoisotopic (exact) mass is 200 g/mol. The molecule has 0 aliphatic rings. The summed E-state index contributed by atoms with van der Waals surface area (Å²) >= 11 is 11.1. The first-order valence-corrected chi connectivity index (χ1v) is 7.35. The summed E-state index contributed by atoms with van der Waals surface area (Å²) in [5.74, 6) is -0.248. The Hall–Kier alpha value is 0.267. The van der Waals surface area contributed by atoms with E-state index in [1.165, 1.54) is 6.92 Å². The number of ether oxygens (including phenoxy) is 1. The second kappa shape index (κ2) is 6.01. The van der Waals surface area contributed by atoms with E-state index in [9.17, 15) is 4.79 Å². The van der Waals surface area contributed by atoms with Gasteiger partial charge in [-0.05, 0) is 12.5 Å². The molecule has 0 saturated heterocycles. The first-order chi connectivity index (χ1) is 4.63. The Morgan fingerprint density at radius 3 is 2.60 bits per heavy atom. The van der Waals surface area contributed by atoms with Gasteiger partial charge < -0.3 is 4.74 Å². The Labute approximate surface area is 71.5 Å². The van der Waals surface area contributed by atoms with Crippen LogP contribution in [0.1, 0.15) is 13.3 Å². The summed E-state index contributed by atoms with van der Waals surface area (Å²) in [6.45, 7) is 1.83. The van der Waals surface area contributed by atoms with E-state index in [1.807, 2.05) is 0 Å². The van der Waals surface area contributed by atoms with Crippen LogP contribution in [0.25, 0.3) is 0 Å². The molecule has 0 bridgehead atoms. The normalized spacial score (nSPS) is 10.0. The molecule has 0 spiro atoms. The van der Waals surface area contributed by atoms with Crippen molar-refractivity contribution in [2.24, 2.45) is 0 Å². The van der Waals surface area contributed by atoms with Crippen LogP contribution in [0.3, 0.4) is 0 Å². The van der Waals surface area contributed by atoms with Crippen LogP contribution in [0.5, 0.6) is 0 Å². The van der Waals surface area contributed by atoms with Gasteiger partial charge in [0.05, 0.1) is 6.61 Å². The number of rotatable bonds is 4. The van der Waals surface area contributed by atoms with Crippen molar-refractivity contribution in [1.82, 2.24) is 0 Å². The zero-order valence-electron chi connectivity index (χ0n) is 5.77. The van der Waals surface area contributed by atoms with E-state index >= 15 is 0 Å². The maximum absolute atomic E-state index is 10.2. The van der Waals surface area contributed by atoms with Crippen molar-refractivity contribution in [2.75, 3.05) is 6.61 Å². The number of carbonyl (C=O) groups is 1. The van der Waals surface area contributed by atoms with Crippen LogP contribution in [-0.4, -0.2) is 20.0 Å². The molecule has 2 nitrogen and oxygen atoms in total. The molecule has 0 heterocycles. The van der Waals surface area contributed by atoms with E-state index in [2.05, 4.69) is 4.74 Å². The molecule has 0 saturated carbocycles. The molecule has 0 aromatic heterocycles. The number of hydrogen-bond donors (Lipinski definition) is 0. The zero-order chi connectivity index (χ0) is 7.98. The number of halogens is 2. The van der Waals surface area contributed by atoms with E-state index in [-0.39, 0.29) is 5.97 Å². The second-order valence-electron chi connectivity index (χ2n) is 1.87. The van der Waals surface area contributed by atoms with Crippen molar-refractivity contribution in [1.29, 1.82) is 0 Å². The highest BCUT2D eigenvalue weighted by atomic mass is 35.7. The molecule has 5 heteroatoms. The third kappa shape index (κ3) is 8.27. The lowest BCUT2D eigenvalue weighted by molar-refractivity contribution is -0.140. The van der Waals surface area contributed by atoms with Crippen molar-refractivity contribution in [3.63, 3.8) is 0 Å². The van der Waals surface area contributed by atoms with Gasteiger partial charge in [0.1, 0.15) is 0 Å². The summed E-state index contributed by atoms with van der Waals surface area (Å²) in [5.41, 5.74) is 0. The largest absolute Gasteiger partial charge is 0.466 e. The molecule has 0 aromatic carbocycles. The highest BCUT2D eigenvalue weighted by molar-refractivity contribution is 7.33. The van der Waals surface area contributed by atoms with Gasteiger partial charge in [-0.15, -0.1) is 0 Å². The van der Waals surface area contributed by atoms with Gasteiger partial charge in [-0.1, -0.05) is 0 Å². The van der Waals surface area contributed by atoms with Crippen LogP contribution < -0.4 is 0 Å². The summed E-state index contributed by atoms with van der Waals surface area (Å²) in [6.07, 6.45) is 0.781. The van der Waals surface area contributed by atoms with Gasteiger partial charge in [0, 0.05) is 6.92 Å². The molecule has 0 aliphatic carbocycles. The minimum absolute atomic E-state index is 0.248. The molecule has 0 N–H and O–H groups in total. The number of esters is 1. The average Bonchev–Trinajstić information content (AvgIpc) is 1.79. The van der Waals surface area contributed by atoms with Gasteiger partial charge in [-0.3, -0.25) is 4.79 Å². The molecule has 60 valence electrons. The van der Waals surface area contributed by atoms with Crippen molar-refractivity contribution in [3.8, 4) is 0 Å². The van der Waals surface area contributed by atoms with Crippen LogP contribution in [0.2, 0.25) is 6.04 Å². The van der Waals surface area contributed by atoms with E-state index in [0.717, 1.165) is 12.5 Å². The summed E-state index contributed by atoms with van der Waals surface area (Å²) in [7, 11) is -1.48. The fraction of sp³-hybridized carbons (Fsp3) is 0.800. The van der Waals surface area contributed by atoms with Crippen LogP contribution >= 0.6 is 22.2 Å². The molecule has 0 unspecified atom stereocenters. The minimum Gasteiger partial charge on any atom is -0.466 e. The lowest BCUT2D eigenvalue weighted by atomic mass is 10.5. The van der Waals surface area contributed by atoms with Crippen LogP contribution in [0.4, 0.5) is 0 Å². The fourth-order valence-corrected chi connectivity index (χ4v) is 1.85. The van der Waals surface area contributed by atoms with Gasteiger partial charge in [0.15, 0.2) is 0 Å². The molecule has 0 aliphatic heterocycles. The Morgan fingerprint density at radius 2 is 2.20 bits per heavy atom. The standard InChI is InChI=1S/C5H10Cl2O2Si/c1-5(8)9-3-2-4-10(6)7/h10H,2-4H2,1H3. The number of carbonyl (C=O) groups excluding carboxylic acids is 1. The van der Waals surface area contributed by atoms with E-state index in [4.69, 9.17) is 22.2 Å². The van der Waals surface area contributed by atoms with Gasteiger partial charge in [0.25, 0.3) is 0 Å². The Balaban J connectivity index is 2.98. The average molecular weight is 201 g/mol. The highest BCUT2D eigenvalue weighted by Gasteiger charge is 2.01. The van der Waals surface area contributed by atoms with E-state index in [1.54, 1.807) is 0 Å². The van der Waals surface area contributed by atoms with Crippen molar-refractivity contribution in [3.05, 3.63) is 0 Å². The predicted molar refractivity (Wildman–Crippen MR) is 44.9 cm³/mol. The topological polar surface area (TPSA) is 26.3 Å². The molecule has 0 aromatic rings. The van der Waals surface area contributed by atoms with Crippen molar-refractivity contribution < 1.29 is 9.53 Å². The lowest BCUT2D eigenvalue weighted by Gasteiger charge is -1.99. The van der Waals surface area contributed by atoms with Crippen molar-refractivity contribution in [2.45, 2.75) is 19.4 Å². The Kier molecular flexibility index (Phi) is 6.17. The quantitative estimate of drug-likeness (QED) is 0.299. The lowest BCUT2D eigenvalue weighted by Crippen LogP contribution is -2.02. The SMILES string of the molecule is CC(=O)OCCC[SiH](Cl)Cl. The van der Waals surface area contributed by atoms with Crippen LogP contribution in [0, 0.1) is 0 Å². The molecule has 0 radical (unpaired) electrons. The van der Waals surface area contributed by atoms with Gasteiger partial charge >= 0.3 is 5.97 Å². The minimum atomic E-state index is -1.48. The first kappa shape index (κ1) is 10.3. The van der Waals surface area contributed by atoms with Gasteiger partial charge in [-0.2, -0.15) is 22.2 Å². The zero-order valence-corrected chi connectivity index (χ0v) is 8.44. The molecule has 0 fully saturated rings. The smallest absolute Gasteiger partial charge is 0.302 e. The predicted octanol–water partition coefficient (Wildman–Crippen LogP) is 1.64. The summed E-state index contributed by atoms with van der Waals surface area (Å²) in [4.78, 5) is 10.2. The van der Waals surface area contributed by atoms with E-state index in [0.29, 0.717) is 6.61 Å². The molecule has 0 atom stereocenters.